The lowest BCUT2D eigenvalue weighted by Gasteiger charge is -2.14. The van der Waals surface area contributed by atoms with Crippen molar-refractivity contribution in [2.45, 2.75) is 26.3 Å². The number of aryl methyl sites for hydroxylation is 2. The molecule has 1 aromatic carbocycles. The van der Waals surface area contributed by atoms with E-state index in [0.717, 1.165) is 36.4 Å². The number of aromatic nitrogens is 4. The summed E-state index contributed by atoms with van der Waals surface area (Å²) in [5, 5.41) is 8.54. The van der Waals surface area contributed by atoms with Crippen molar-refractivity contribution in [3.63, 3.8) is 0 Å². The van der Waals surface area contributed by atoms with Crippen molar-refractivity contribution in [2.24, 2.45) is 0 Å². The lowest BCUT2D eigenvalue weighted by Crippen LogP contribution is -2.26. The molecule has 1 saturated heterocycles. The van der Waals surface area contributed by atoms with Gasteiger partial charge in [0.1, 0.15) is 5.82 Å². The zero-order chi connectivity index (χ0) is 19.4. The Balaban J connectivity index is 1.68. The molecule has 3 aromatic heterocycles. The Morgan fingerprint density at radius 3 is 2.89 bits per heavy atom. The summed E-state index contributed by atoms with van der Waals surface area (Å²) < 4.78 is 18.4. The maximum atomic E-state index is 15.0. The van der Waals surface area contributed by atoms with Crippen molar-refractivity contribution in [3.8, 4) is 11.3 Å². The molecule has 6 nitrogen and oxygen atoms in total. The smallest absolute Gasteiger partial charge is 0.261 e. The zero-order valence-corrected chi connectivity index (χ0v) is 15.7. The summed E-state index contributed by atoms with van der Waals surface area (Å²) in [6.07, 6.45) is 4.49. The molecule has 0 aliphatic carbocycles. The predicted octanol–water partition coefficient (Wildman–Crippen LogP) is 3.00. The number of rotatable bonds is 2. The van der Waals surface area contributed by atoms with Crippen LogP contribution in [-0.2, 0) is 0 Å². The summed E-state index contributed by atoms with van der Waals surface area (Å²) in [7, 11) is 0. The minimum absolute atomic E-state index is 0.0761. The van der Waals surface area contributed by atoms with Crippen LogP contribution in [0.3, 0.4) is 0 Å². The van der Waals surface area contributed by atoms with Crippen molar-refractivity contribution in [1.82, 2.24) is 24.5 Å². The van der Waals surface area contributed by atoms with Gasteiger partial charge in [-0.25, -0.2) is 13.9 Å². The molecule has 142 valence electrons. The Labute approximate surface area is 160 Å². The van der Waals surface area contributed by atoms with Gasteiger partial charge in [0, 0.05) is 18.3 Å². The van der Waals surface area contributed by atoms with E-state index in [-0.39, 0.29) is 17.0 Å². The van der Waals surface area contributed by atoms with Crippen LogP contribution in [0.1, 0.15) is 23.7 Å². The summed E-state index contributed by atoms with van der Waals surface area (Å²) in [6, 6.07) is 7.02. The highest BCUT2D eigenvalue weighted by atomic mass is 19.1. The monoisotopic (exact) mass is 377 g/mol. The number of hydrogen-bond donors (Lipinski definition) is 1. The molecule has 1 aliphatic rings. The van der Waals surface area contributed by atoms with Crippen molar-refractivity contribution in [1.29, 1.82) is 0 Å². The predicted molar refractivity (Wildman–Crippen MR) is 106 cm³/mol. The van der Waals surface area contributed by atoms with Crippen molar-refractivity contribution in [2.75, 3.05) is 13.1 Å². The molecule has 4 heterocycles. The quantitative estimate of drug-likeness (QED) is 0.583. The molecule has 0 amide bonds. The van der Waals surface area contributed by atoms with Crippen molar-refractivity contribution < 1.29 is 4.39 Å². The molecule has 28 heavy (non-hydrogen) atoms. The molecule has 1 atom stereocenters. The van der Waals surface area contributed by atoms with Crippen LogP contribution in [-0.4, -0.2) is 32.3 Å². The minimum atomic E-state index is -0.515. The van der Waals surface area contributed by atoms with E-state index in [1.807, 2.05) is 38.2 Å². The fourth-order valence-electron chi connectivity index (χ4n) is 4.04. The number of fused-ring (bicyclic) bond motifs is 2. The molecule has 1 fully saturated rings. The van der Waals surface area contributed by atoms with Gasteiger partial charge in [-0.2, -0.15) is 5.10 Å². The first kappa shape index (κ1) is 17.1. The third-order valence-electron chi connectivity index (χ3n) is 5.44. The standard InChI is InChI=1S/C21H20FN5O/c1-12-7-18(25-27-11-13(2)24-20(12)27)15-8-14-4-6-26(16-3-5-23-10-16)21(28)19(14)17(22)9-15/h4,6-9,11,16,23H,3,5,10H2,1-2H3/t16-/m1/s1. The number of pyridine rings is 1. The molecule has 1 N–H and O–H groups in total. The van der Waals surface area contributed by atoms with Gasteiger partial charge in [0.2, 0.25) is 0 Å². The third kappa shape index (κ3) is 2.62. The number of hydrogen-bond acceptors (Lipinski definition) is 4. The topological polar surface area (TPSA) is 64.2 Å². The van der Waals surface area contributed by atoms with E-state index in [4.69, 9.17) is 0 Å². The maximum absolute atomic E-state index is 15.0. The first-order chi connectivity index (χ1) is 13.5. The first-order valence-corrected chi connectivity index (χ1v) is 9.40. The third-order valence-corrected chi connectivity index (χ3v) is 5.44. The fraction of sp³-hybridized carbons (Fsp3) is 0.286. The Morgan fingerprint density at radius 2 is 2.11 bits per heavy atom. The van der Waals surface area contributed by atoms with Crippen LogP contribution in [0.15, 0.2) is 41.5 Å². The molecule has 0 saturated carbocycles. The summed E-state index contributed by atoms with van der Waals surface area (Å²) in [4.78, 5) is 17.3. The zero-order valence-electron chi connectivity index (χ0n) is 15.7. The molecule has 0 radical (unpaired) electrons. The van der Waals surface area contributed by atoms with E-state index < -0.39 is 5.82 Å². The minimum Gasteiger partial charge on any atom is -0.315 e. The van der Waals surface area contributed by atoms with Crippen LogP contribution in [0.4, 0.5) is 4.39 Å². The molecule has 1 aliphatic heterocycles. The number of nitrogens with one attached hydrogen (secondary N) is 1. The van der Waals surface area contributed by atoms with E-state index in [1.165, 1.54) is 6.07 Å². The van der Waals surface area contributed by atoms with Crippen LogP contribution in [0.5, 0.6) is 0 Å². The first-order valence-electron chi connectivity index (χ1n) is 9.40. The molecule has 0 bridgehead atoms. The molecular weight excluding hydrogens is 357 g/mol. The van der Waals surface area contributed by atoms with Gasteiger partial charge in [0.25, 0.3) is 5.56 Å². The Bertz CT molecular complexity index is 1280. The fourth-order valence-corrected chi connectivity index (χ4v) is 4.04. The summed E-state index contributed by atoms with van der Waals surface area (Å²) in [5.41, 5.74) is 3.63. The van der Waals surface area contributed by atoms with E-state index >= 15 is 4.39 Å². The summed E-state index contributed by atoms with van der Waals surface area (Å²) in [5.74, 6) is -0.515. The van der Waals surface area contributed by atoms with Gasteiger partial charge in [-0.15, -0.1) is 0 Å². The second-order valence-electron chi connectivity index (χ2n) is 7.46. The number of benzene rings is 1. The average Bonchev–Trinajstić information content (AvgIpc) is 3.31. The summed E-state index contributed by atoms with van der Waals surface area (Å²) >= 11 is 0. The average molecular weight is 377 g/mol. The largest absolute Gasteiger partial charge is 0.315 e. The maximum Gasteiger partial charge on any atom is 0.261 e. The number of imidazole rings is 1. The van der Waals surface area contributed by atoms with Gasteiger partial charge in [-0.3, -0.25) is 4.79 Å². The lowest BCUT2D eigenvalue weighted by molar-refractivity contribution is 0.530. The highest BCUT2D eigenvalue weighted by Crippen LogP contribution is 2.26. The van der Waals surface area contributed by atoms with E-state index in [9.17, 15) is 4.79 Å². The van der Waals surface area contributed by atoms with Crippen LogP contribution in [0.25, 0.3) is 27.7 Å². The van der Waals surface area contributed by atoms with Crippen LogP contribution >= 0.6 is 0 Å². The van der Waals surface area contributed by atoms with Gasteiger partial charge < -0.3 is 9.88 Å². The Kier molecular flexibility index (Phi) is 3.80. The van der Waals surface area contributed by atoms with E-state index in [1.54, 1.807) is 15.3 Å². The molecule has 7 heteroatoms. The van der Waals surface area contributed by atoms with E-state index in [0.29, 0.717) is 16.6 Å². The van der Waals surface area contributed by atoms with Crippen LogP contribution in [0, 0.1) is 19.7 Å². The Hall–Kier alpha value is -3.06. The van der Waals surface area contributed by atoms with Gasteiger partial charge >= 0.3 is 0 Å². The van der Waals surface area contributed by atoms with E-state index in [2.05, 4.69) is 15.4 Å². The van der Waals surface area contributed by atoms with Gasteiger partial charge in [0.05, 0.1) is 29.0 Å². The van der Waals surface area contributed by atoms with Gasteiger partial charge in [-0.1, -0.05) is 0 Å². The number of halogens is 1. The molecular formula is C21H20FN5O. The van der Waals surface area contributed by atoms with Crippen molar-refractivity contribution >= 4 is 16.4 Å². The van der Waals surface area contributed by atoms with Crippen molar-refractivity contribution in [3.05, 3.63) is 64.1 Å². The number of nitrogens with zero attached hydrogens (tertiary/aromatic N) is 4. The molecule has 0 unspecified atom stereocenters. The summed E-state index contributed by atoms with van der Waals surface area (Å²) in [6.45, 7) is 5.48. The normalized spacial score (nSPS) is 17.0. The molecule has 0 spiro atoms. The Morgan fingerprint density at radius 1 is 1.25 bits per heavy atom. The van der Waals surface area contributed by atoms with Crippen LogP contribution in [0.2, 0.25) is 0 Å². The highest BCUT2D eigenvalue weighted by Gasteiger charge is 2.20. The molecule has 5 rings (SSSR count). The second-order valence-corrected chi connectivity index (χ2v) is 7.46. The molecule has 4 aromatic rings. The highest BCUT2D eigenvalue weighted by molar-refractivity contribution is 5.86. The van der Waals surface area contributed by atoms with Crippen LogP contribution < -0.4 is 10.9 Å². The lowest BCUT2D eigenvalue weighted by atomic mass is 10.0. The SMILES string of the molecule is Cc1cn2nc(-c3cc(F)c4c(=O)n([C@@H]5CCNC5)ccc4c3)cc(C)c2n1. The van der Waals surface area contributed by atoms with Gasteiger partial charge in [-0.05, 0) is 62.0 Å². The van der Waals surface area contributed by atoms with Gasteiger partial charge in [0.15, 0.2) is 5.65 Å². The second kappa shape index (κ2) is 6.24.